The van der Waals surface area contributed by atoms with E-state index in [1.54, 1.807) is 30.3 Å². The minimum atomic E-state index is -4.81. The van der Waals surface area contributed by atoms with Gasteiger partial charge in [-0.3, -0.25) is 4.79 Å². The predicted octanol–water partition coefficient (Wildman–Crippen LogP) is 3.94. The Morgan fingerprint density at radius 1 is 1.08 bits per heavy atom. The molecule has 0 bridgehead atoms. The van der Waals surface area contributed by atoms with Gasteiger partial charge in [-0.05, 0) is 6.07 Å². The molecule has 2 atom stereocenters. The molecular formula is C24H19F3N4O6. The van der Waals surface area contributed by atoms with E-state index in [0.29, 0.717) is 16.9 Å². The lowest BCUT2D eigenvalue weighted by Crippen LogP contribution is -2.43. The molecule has 3 N–H and O–H groups in total. The van der Waals surface area contributed by atoms with Gasteiger partial charge < -0.3 is 29.3 Å². The van der Waals surface area contributed by atoms with Crippen LogP contribution in [0.1, 0.15) is 23.7 Å². The van der Waals surface area contributed by atoms with Gasteiger partial charge in [0, 0.05) is 23.2 Å². The van der Waals surface area contributed by atoms with E-state index < -0.39 is 47.2 Å². The third-order valence-corrected chi connectivity index (χ3v) is 5.78. The minimum absolute atomic E-state index is 0.0246. The van der Waals surface area contributed by atoms with Gasteiger partial charge in [-0.25, -0.2) is 0 Å². The van der Waals surface area contributed by atoms with Gasteiger partial charge in [0.25, 0.3) is 5.89 Å². The Kier molecular flexibility index (Phi) is 6.39. The molecule has 0 radical (unpaired) electrons. The number of carbonyl (C=O) groups is 1. The van der Waals surface area contributed by atoms with Crippen molar-refractivity contribution in [2.45, 2.75) is 24.7 Å². The number of hydrogen-bond acceptors (Lipinski definition) is 9. The third-order valence-electron chi connectivity index (χ3n) is 5.78. The van der Waals surface area contributed by atoms with Crippen molar-refractivity contribution in [1.82, 2.24) is 20.6 Å². The van der Waals surface area contributed by atoms with Crippen molar-refractivity contribution in [3.63, 3.8) is 0 Å². The minimum Gasteiger partial charge on any atom is -0.491 e. The summed E-state index contributed by atoms with van der Waals surface area (Å²) in [4.78, 5) is 14.8. The van der Waals surface area contributed by atoms with Gasteiger partial charge in [0.15, 0.2) is 0 Å². The van der Waals surface area contributed by atoms with Crippen molar-refractivity contribution in [1.29, 1.82) is 0 Å². The van der Waals surface area contributed by atoms with Crippen molar-refractivity contribution in [3.8, 4) is 40.0 Å². The number of hydrogen-bond donors (Lipinski definition) is 3. The number of aromatic nitrogens is 3. The molecule has 2 aromatic heterocycles. The number of fused-ring (bicyclic) bond motifs is 1. The number of halogens is 3. The molecule has 5 rings (SSSR count). The molecule has 4 aromatic rings. The zero-order valence-electron chi connectivity index (χ0n) is 18.9. The molecule has 0 aliphatic carbocycles. The van der Waals surface area contributed by atoms with E-state index in [-0.39, 0.29) is 31.0 Å². The molecule has 0 amide bonds. The normalized spacial score (nSPS) is 17.3. The molecule has 0 fully saturated rings. The number of nitrogens with zero attached hydrogens (tertiary/aromatic N) is 3. The largest absolute Gasteiger partial charge is 0.491 e. The summed E-state index contributed by atoms with van der Waals surface area (Å²) in [6, 6.07) is 11.9. The first-order valence-electron chi connectivity index (χ1n) is 11.1. The average molecular weight is 516 g/mol. The zero-order valence-corrected chi connectivity index (χ0v) is 18.9. The fourth-order valence-electron chi connectivity index (χ4n) is 3.99. The van der Waals surface area contributed by atoms with Crippen LogP contribution in [0, 0.1) is 0 Å². The summed E-state index contributed by atoms with van der Waals surface area (Å²) in [7, 11) is 0. The molecule has 1 unspecified atom stereocenters. The van der Waals surface area contributed by atoms with Crippen LogP contribution in [0.3, 0.4) is 0 Å². The van der Waals surface area contributed by atoms with E-state index in [1.807, 2.05) is 0 Å². The van der Waals surface area contributed by atoms with Crippen LogP contribution in [0.2, 0.25) is 0 Å². The molecule has 2 aromatic carbocycles. The number of carboxylic acids is 1. The second-order valence-corrected chi connectivity index (χ2v) is 8.24. The van der Waals surface area contributed by atoms with Crippen LogP contribution in [-0.4, -0.2) is 50.7 Å². The van der Waals surface area contributed by atoms with Crippen LogP contribution in [0.4, 0.5) is 13.2 Å². The summed E-state index contributed by atoms with van der Waals surface area (Å²) in [6.07, 6.45) is -5.88. The summed E-state index contributed by atoms with van der Waals surface area (Å²) in [5.41, 5.74) is -0.494. The van der Waals surface area contributed by atoms with Crippen molar-refractivity contribution in [2.24, 2.45) is 0 Å². The van der Waals surface area contributed by atoms with E-state index >= 15 is 0 Å². The number of aliphatic hydroxyl groups excluding tert-OH is 1. The number of aliphatic hydroxyl groups is 1. The molecular weight excluding hydrogens is 497 g/mol. The van der Waals surface area contributed by atoms with E-state index in [0.717, 1.165) is 0 Å². The van der Waals surface area contributed by atoms with E-state index in [2.05, 4.69) is 20.6 Å². The fourth-order valence-corrected chi connectivity index (χ4v) is 3.99. The molecule has 3 heterocycles. The Morgan fingerprint density at radius 3 is 2.59 bits per heavy atom. The quantitative estimate of drug-likeness (QED) is 0.330. The van der Waals surface area contributed by atoms with Crippen LogP contribution < -0.4 is 10.1 Å². The fraction of sp³-hybridized carbons (Fsp3) is 0.250. The summed E-state index contributed by atoms with van der Waals surface area (Å²) in [5, 5.41) is 29.7. The second-order valence-electron chi connectivity index (χ2n) is 8.24. The molecule has 37 heavy (non-hydrogen) atoms. The van der Waals surface area contributed by atoms with E-state index in [4.69, 9.17) is 18.9 Å². The number of rotatable bonds is 7. The first kappa shape index (κ1) is 24.5. The number of alkyl halides is 3. The maximum Gasteiger partial charge on any atom is 0.422 e. The molecule has 192 valence electrons. The van der Waals surface area contributed by atoms with Gasteiger partial charge >= 0.3 is 12.1 Å². The number of carboxylic acid groups (broad SMARTS) is 1. The molecule has 0 saturated carbocycles. The average Bonchev–Trinajstić information content (AvgIpc) is 3.53. The topological polar surface area (TPSA) is 144 Å². The Morgan fingerprint density at radius 2 is 1.86 bits per heavy atom. The Labute approximate surface area is 206 Å². The van der Waals surface area contributed by atoms with Crippen LogP contribution in [-0.2, 0) is 11.0 Å². The highest BCUT2D eigenvalue weighted by Gasteiger charge is 2.43. The molecule has 1 aliphatic rings. The predicted molar refractivity (Wildman–Crippen MR) is 120 cm³/mol. The summed E-state index contributed by atoms with van der Waals surface area (Å²) < 4.78 is 57.7. The molecule has 13 heteroatoms. The summed E-state index contributed by atoms with van der Waals surface area (Å²) in [6.45, 7) is 0.233. The van der Waals surface area contributed by atoms with Gasteiger partial charge in [-0.1, -0.05) is 52.8 Å². The highest BCUT2D eigenvalue weighted by atomic mass is 19.4. The van der Waals surface area contributed by atoms with Crippen LogP contribution >= 0.6 is 0 Å². The lowest BCUT2D eigenvalue weighted by atomic mass is 9.97. The second kappa shape index (κ2) is 9.67. The van der Waals surface area contributed by atoms with Gasteiger partial charge in [0.05, 0.1) is 12.5 Å². The Hall–Kier alpha value is -4.23. The van der Waals surface area contributed by atoms with Crippen LogP contribution in [0.15, 0.2) is 57.6 Å². The maximum absolute atomic E-state index is 14.0. The van der Waals surface area contributed by atoms with Gasteiger partial charge in [-0.15, -0.1) is 0 Å². The Bertz CT molecular complexity index is 1420. The van der Waals surface area contributed by atoms with Crippen molar-refractivity contribution >= 4 is 5.97 Å². The highest BCUT2D eigenvalue weighted by Crippen LogP contribution is 2.43. The zero-order chi connectivity index (χ0) is 26.2. The maximum atomic E-state index is 14.0. The van der Waals surface area contributed by atoms with Gasteiger partial charge in [0.1, 0.15) is 29.7 Å². The molecule has 0 saturated heterocycles. The van der Waals surface area contributed by atoms with Crippen LogP contribution in [0.25, 0.3) is 34.3 Å². The van der Waals surface area contributed by atoms with E-state index in [9.17, 15) is 23.1 Å². The summed E-state index contributed by atoms with van der Waals surface area (Å²) >= 11 is 0. The lowest BCUT2D eigenvalue weighted by Gasteiger charge is -2.31. The van der Waals surface area contributed by atoms with Gasteiger partial charge in [0.2, 0.25) is 11.6 Å². The smallest absolute Gasteiger partial charge is 0.422 e. The van der Waals surface area contributed by atoms with Crippen molar-refractivity contribution in [3.05, 3.63) is 59.7 Å². The van der Waals surface area contributed by atoms with Gasteiger partial charge in [-0.2, -0.15) is 18.2 Å². The number of benzene rings is 2. The monoisotopic (exact) mass is 516 g/mol. The number of aliphatic carboxylic acids is 1. The van der Waals surface area contributed by atoms with Crippen molar-refractivity contribution in [2.75, 3.05) is 13.2 Å². The number of ether oxygens (including phenoxy) is 1. The van der Waals surface area contributed by atoms with Crippen LogP contribution in [0.5, 0.6) is 5.75 Å². The first-order valence-corrected chi connectivity index (χ1v) is 11.1. The summed E-state index contributed by atoms with van der Waals surface area (Å²) in [5.74, 6) is -1.87. The van der Waals surface area contributed by atoms with E-state index in [1.165, 1.54) is 18.2 Å². The number of nitrogens with one attached hydrogen (secondary N) is 1. The molecule has 10 nitrogen and oxygen atoms in total. The molecule has 1 aliphatic heterocycles. The first-order chi connectivity index (χ1) is 17.7. The lowest BCUT2D eigenvalue weighted by molar-refractivity contribution is -0.137. The highest BCUT2D eigenvalue weighted by molar-refractivity contribution is 5.71. The molecule has 0 spiro atoms. The third kappa shape index (κ3) is 4.90. The SMILES string of the molecule is O=C(O)CCNC1COc2cc(-c3noc(-c4onc(-c5ccccc5)c4C(F)(F)F)n3)ccc2[C@@H]1O. The standard InChI is InChI=1S/C24H19F3N4O6/c25-24(26,27)18-19(12-4-2-1-3-5-12)30-36-21(18)23-29-22(31-37-23)13-6-7-14-16(10-13)35-11-15(20(14)34)28-9-8-17(32)33/h1-7,10,15,20,28,34H,8-9,11H2,(H,32,33)/t15?,20-/m0/s1. The van der Waals surface area contributed by atoms with Crippen molar-refractivity contribution < 1.29 is 42.0 Å². The Balaban J connectivity index is 1.41.